The van der Waals surface area contributed by atoms with Gasteiger partial charge in [-0.1, -0.05) is 18.2 Å². The van der Waals surface area contributed by atoms with Gasteiger partial charge in [0.25, 0.3) is 0 Å². The van der Waals surface area contributed by atoms with E-state index in [1.165, 1.54) is 0 Å². The Morgan fingerprint density at radius 2 is 1.92 bits per heavy atom. The van der Waals surface area contributed by atoms with Crippen LogP contribution in [0.25, 0.3) is 16.6 Å². The van der Waals surface area contributed by atoms with E-state index in [-0.39, 0.29) is 0 Å². The molecule has 0 aliphatic rings. The Kier molecular flexibility index (Phi) is 3.61. The molecule has 1 aromatic carbocycles. The first-order chi connectivity index (χ1) is 11.7. The summed E-state index contributed by atoms with van der Waals surface area (Å²) in [7, 11) is 2.08. The molecule has 120 valence electrons. The molecule has 4 aromatic rings. The molecule has 0 amide bonds. The standard InChI is InChI=1S/C19H19N5/c1-14-13-18-21-19(16-8-3-4-9-17(16)24(18)22-14)23(2)12-10-15-7-5-6-11-20-15/h3-9,11,13H,10,12H2,1-2H3. The number of aromatic nitrogens is 4. The zero-order valence-corrected chi connectivity index (χ0v) is 13.8. The van der Waals surface area contributed by atoms with Crippen molar-refractivity contribution in [3.05, 3.63) is 66.1 Å². The highest BCUT2D eigenvalue weighted by atomic mass is 15.3. The van der Waals surface area contributed by atoms with Crippen LogP contribution in [0.1, 0.15) is 11.4 Å². The monoisotopic (exact) mass is 317 g/mol. The van der Waals surface area contributed by atoms with E-state index in [0.717, 1.165) is 46.7 Å². The second kappa shape index (κ2) is 5.92. The minimum absolute atomic E-state index is 0.858. The molecule has 0 N–H and O–H groups in total. The number of rotatable bonds is 4. The maximum Gasteiger partial charge on any atom is 0.158 e. The highest BCUT2D eigenvalue weighted by molar-refractivity contribution is 5.91. The summed E-state index contributed by atoms with van der Waals surface area (Å²) in [5.74, 6) is 0.980. The third kappa shape index (κ3) is 2.58. The van der Waals surface area contributed by atoms with Crippen LogP contribution in [0.15, 0.2) is 54.7 Å². The molecular formula is C19H19N5. The minimum Gasteiger partial charge on any atom is -0.359 e. The summed E-state index contributed by atoms with van der Waals surface area (Å²) >= 11 is 0. The average Bonchev–Trinajstić information content (AvgIpc) is 3.00. The van der Waals surface area contributed by atoms with Gasteiger partial charge < -0.3 is 4.90 Å². The molecule has 0 spiro atoms. The van der Waals surface area contributed by atoms with Crippen molar-refractivity contribution in [3.63, 3.8) is 0 Å². The molecule has 5 nitrogen and oxygen atoms in total. The van der Waals surface area contributed by atoms with Gasteiger partial charge in [0, 0.05) is 43.4 Å². The van der Waals surface area contributed by atoms with Crippen molar-refractivity contribution in [1.82, 2.24) is 19.6 Å². The van der Waals surface area contributed by atoms with Gasteiger partial charge >= 0.3 is 0 Å². The fourth-order valence-corrected chi connectivity index (χ4v) is 2.98. The Morgan fingerprint density at radius 3 is 2.75 bits per heavy atom. The zero-order chi connectivity index (χ0) is 16.5. The smallest absolute Gasteiger partial charge is 0.158 e. The lowest BCUT2D eigenvalue weighted by Gasteiger charge is -2.20. The Hall–Kier alpha value is -2.95. The second-order valence-electron chi connectivity index (χ2n) is 6.00. The molecular weight excluding hydrogens is 298 g/mol. The van der Waals surface area contributed by atoms with Crippen molar-refractivity contribution < 1.29 is 0 Å². The van der Waals surface area contributed by atoms with E-state index in [0.29, 0.717) is 0 Å². The number of aryl methyl sites for hydroxylation is 1. The van der Waals surface area contributed by atoms with Gasteiger partial charge in [-0.2, -0.15) is 5.10 Å². The van der Waals surface area contributed by atoms with Gasteiger partial charge in [0.1, 0.15) is 5.82 Å². The van der Waals surface area contributed by atoms with Gasteiger partial charge in [-0.05, 0) is 31.2 Å². The lowest BCUT2D eigenvalue weighted by molar-refractivity contribution is 0.840. The average molecular weight is 317 g/mol. The van der Waals surface area contributed by atoms with Crippen molar-refractivity contribution in [2.45, 2.75) is 13.3 Å². The molecule has 0 bridgehead atoms. The highest BCUT2D eigenvalue weighted by Gasteiger charge is 2.13. The fraction of sp³-hybridized carbons (Fsp3) is 0.211. The minimum atomic E-state index is 0.858. The van der Waals surface area contributed by atoms with Gasteiger partial charge in [-0.15, -0.1) is 0 Å². The Labute approximate surface area is 140 Å². The van der Waals surface area contributed by atoms with Gasteiger partial charge in [-0.25, -0.2) is 9.50 Å². The number of hydrogen-bond acceptors (Lipinski definition) is 4. The van der Waals surface area contributed by atoms with E-state index in [4.69, 9.17) is 4.98 Å². The zero-order valence-electron chi connectivity index (χ0n) is 13.8. The highest BCUT2D eigenvalue weighted by Crippen LogP contribution is 2.25. The molecule has 24 heavy (non-hydrogen) atoms. The van der Waals surface area contributed by atoms with E-state index in [2.05, 4.69) is 40.2 Å². The summed E-state index contributed by atoms with van der Waals surface area (Å²) in [6.07, 6.45) is 2.72. The van der Waals surface area contributed by atoms with Gasteiger partial charge in [0.15, 0.2) is 5.65 Å². The van der Waals surface area contributed by atoms with Crippen LogP contribution in [0.4, 0.5) is 5.82 Å². The van der Waals surface area contributed by atoms with Gasteiger partial charge in [0.2, 0.25) is 0 Å². The van der Waals surface area contributed by atoms with Gasteiger partial charge in [-0.3, -0.25) is 4.98 Å². The number of nitrogens with zero attached hydrogens (tertiary/aromatic N) is 5. The van der Waals surface area contributed by atoms with Crippen LogP contribution in [0.2, 0.25) is 0 Å². The van der Waals surface area contributed by atoms with Crippen molar-refractivity contribution >= 4 is 22.4 Å². The van der Waals surface area contributed by atoms with Crippen molar-refractivity contribution in [3.8, 4) is 0 Å². The first kappa shape index (κ1) is 14.6. The summed E-state index contributed by atoms with van der Waals surface area (Å²) in [6.45, 7) is 2.85. The topological polar surface area (TPSA) is 46.3 Å². The maximum atomic E-state index is 4.84. The number of anilines is 1. The quantitative estimate of drug-likeness (QED) is 0.579. The van der Waals surface area contributed by atoms with Crippen LogP contribution < -0.4 is 4.90 Å². The summed E-state index contributed by atoms with van der Waals surface area (Å²) < 4.78 is 1.92. The molecule has 0 fully saturated rings. The van der Waals surface area contributed by atoms with Crippen molar-refractivity contribution in [1.29, 1.82) is 0 Å². The van der Waals surface area contributed by atoms with Crippen LogP contribution in [0, 0.1) is 6.92 Å². The Bertz CT molecular complexity index is 991. The molecule has 0 aliphatic heterocycles. The SMILES string of the molecule is Cc1cc2nc(N(C)CCc3ccccn3)c3ccccc3n2n1. The predicted molar refractivity (Wildman–Crippen MR) is 96.4 cm³/mol. The molecule has 4 rings (SSSR count). The summed E-state index contributed by atoms with van der Waals surface area (Å²) in [6, 6.07) is 16.3. The molecule has 0 saturated carbocycles. The molecule has 3 aromatic heterocycles. The number of benzene rings is 1. The molecule has 0 atom stereocenters. The Morgan fingerprint density at radius 1 is 1.08 bits per heavy atom. The van der Waals surface area contributed by atoms with E-state index < -0.39 is 0 Å². The molecule has 0 radical (unpaired) electrons. The lowest BCUT2D eigenvalue weighted by Crippen LogP contribution is -2.22. The van der Waals surface area contributed by atoms with E-state index in [1.54, 1.807) is 0 Å². The first-order valence-corrected chi connectivity index (χ1v) is 8.08. The number of para-hydroxylation sites is 1. The third-order valence-corrected chi connectivity index (χ3v) is 4.20. The van der Waals surface area contributed by atoms with Crippen LogP contribution in [-0.4, -0.2) is 33.2 Å². The van der Waals surface area contributed by atoms with Crippen LogP contribution in [-0.2, 0) is 6.42 Å². The number of fused-ring (bicyclic) bond motifs is 3. The van der Waals surface area contributed by atoms with Crippen LogP contribution in [0.5, 0.6) is 0 Å². The predicted octanol–water partition coefficient (Wildman–Crippen LogP) is 3.26. The molecule has 0 unspecified atom stereocenters. The molecule has 3 heterocycles. The van der Waals surface area contributed by atoms with E-state index in [1.807, 2.05) is 48.0 Å². The van der Waals surface area contributed by atoms with Gasteiger partial charge in [0.05, 0.1) is 11.2 Å². The summed E-state index contributed by atoms with van der Waals surface area (Å²) in [4.78, 5) is 11.4. The third-order valence-electron chi connectivity index (χ3n) is 4.20. The lowest BCUT2D eigenvalue weighted by atomic mass is 10.2. The normalized spacial score (nSPS) is 11.2. The van der Waals surface area contributed by atoms with Crippen LogP contribution in [0.3, 0.4) is 0 Å². The second-order valence-corrected chi connectivity index (χ2v) is 6.00. The van der Waals surface area contributed by atoms with Crippen molar-refractivity contribution in [2.75, 3.05) is 18.5 Å². The summed E-state index contributed by atoms with van der Waals surface area (Å²) in [5.41, 5.74) is 4.03. The van der Waals surface area contributed by atoms with Crippen LogP contribution >= 0.6 is 0 Å². The van der Waals surface area contributed by atoms with Crippen molar-refractivity contribution in [2.24, 2.45) is 0 Å². The molecule has 5 heteroatoms. The number of likely N-dealkylation sites (N-methyl/N-ethyl adjacent to an activating group) is 1. The largest absolute Gasteiger partial charge is 0.359 e. The molecule has 0 aliphatic carbocycles. The maximum absolute atomic E-state index is 4.84. The first-order valence-electron chi connectivity index (χ1n) is 8.08. The van der Waals surface area contributed by atoms with E-state index >= 15 is 0 Å². The van der Waals surface area contributed by atoms with E-state index in [9.17, 15) is 0 Å². The number of hydrogen-bond donors (Lipinski definition) is 0. The summed E-state index contributed by atoms with van der Waals surface area (Å²) in [5, 5.41) is 5.67. The number of pyridine rings is 1. The fourth-order valence-electron chi connectivity index (χ4n) is 2.98. The Balaban J connectivity index is 1.74. The molecule has 0 saturated heterocycles.